The van der Waals surface area contributed by atoms with E-state index >= 15 is 0 Å². The van der Waals surface area contributed by atoms with Crippen molar-refractivity contribution in [2.45, 2.75) is 13.0 Å². The Morgan fingerprint density at radius 3 is 2.24 bits per heavy atom. The van der Waals surface area contributed by atoms with Crippen molar-refractivity contribution in [3.63, 3.8) is 0 Å². The number of carbonyl (C=O) groups is 4. The van der Waals surface area contributed by atoms with Crippen LogP contribution in [0, 0.1) is 0 Å². The average molecular weight is 416 g/mol. The van der Waals surface area contributed by atoms with Gasteiger partial charge in [0.25, 0.3) is 0 Å². The van der Waals surface area contributed by atoms with Gasteiger partial charge in [0.1, 0.15) is 12.3 Å². The minimum absolute atomic E-state index is 0.214. The topological polar surface area (TPSA) is 96.0 Å². The first kappa shape index (κ1) is 20.3. The molecule has 1 N–H and O–H groups in total. The maximum atomic E-state index is 12.6. The molecule has 29 heavy (non-hydrogen) atoms. The molecule has 0 radical (unpaired) electrons. The van der Waals surface area contributed by atoms with Gasteiger partial charge in [0.2, 0.25) is 5.91 Å². The summed E-state index contributed by atoms with van der Waals surface area (Å²) in [6.45, 7) is 1.19. The predicted octanol–water partition coefficient (Wildman–Crippen LogP) is 2.52. The van der Waals surface area contributed by atoms with E-state index in [1.807, 2.05) is 0 Å². The molecule has 8 nitrogen and oxygen atoms in total. The quantitative estimate of drug-likeness (QED) is 0.577. The molecule has 3 rings (SSSR count). The zero-order valence-corrected chi connectivity index (χ0v) is 16.5. The highest BCUT2D eigenvalue weighted by atomic mass is 35.5. The lowest BCUT2D eigenvalue weighted by atomic mass is 10.1. The van der Waals surface area contributed by atoms with Gasteiger partial charge in [-0.3, -0.25) is 14.4 Å². The van der Waals surface area contributed by atoms with E-state index in [4.69, 9.17) is 16.3 Å². The van der Waals surface area contributed by atoms with Crippen molar-refractivity contribution in [1.29, 1.82) is 0 Å². The number of amides is 5. The molecule has 5 amide bonds. The summed E-state index contributed by atoms with van der Waals surface area (Å²) in [5, 5.41) is 3.26. The lowest BCUT2D eigenvalue weighted by molar-refractivity contribution is -0.140. The van der Waals surface area contributed by atoms with Crippen LogP contribution in [0.25, 0.3) is 0 Å². The Labute approximate surface area is 172 Å². The zero-order valence-electron chi connectivity index (χ0n) is 15.7. The van der Waals surface area contributed by atoms with Crippen molar-refractivity contribution in [3.05, 3.63) is 59.1 Å². The van der Waals surface area contributed by atoms with Crippen molar-refractivity contribution < 1.29 is 23.9 Å². The van der Waals surface area contributed by atoms with Gasteiger partial charge in [-0.2, -0.15) is 0 Å². The van der Waals surface area contributed by atoms with Crippen LogP contribution in [0.2, 0.25) is 5.02 Å². The summed E-state index contributed by atoms with van der Waals surface area (Å²) < 4.78 is 5.03. The van der Waals surface area contributed by atoms with Crippen LogP contribution in [0.5, 0.6) is 5.75 Å². The Bertz CT molecular complexity index is 959. The fraction of sp³-hybridized carbons (Fsp3) is 0.200. The SMILES string of the molecule is COc1ccc(N2C(=O)C(=O)N(CC(=O)N[C@@H](C)c3ccc(Cl)cc3)C2=O)cc1. The highest BCUT2D eigenvalue weighted by molar-refractivity contribution is 6.53. The fourth-order valence-corrected chi connectivity index (χ4v) is 3.00. The molecular weight excluding hydrogens is 398 g/mol. The smallest absolute Gasteiger partial charge is 0.339 e. The van der Waals surface area contributed by atoms with Gasteiger partial charge in [0, 0.05) is 5.02 Å². The highest BCUT2D eigenvalue weighted by Crippen LogP contribution is 2.24. The van der Waals surface area contributed by atoms with E-state index in [1.165, 1.54) is 19.2 Å². The first-order valence-corrected chi connectivity index (χ1v) is 9.08. The lowest BCUT2D eigenvalue weighted by Gasteiger charge is -2.18. The first-order chi connectivity index (χ1) is 13.8. The molecule has 0 unspecified atom stereocenters. The van der Waals surface area contributed by atoms with Crippen molar-refractivity contribution in [2.24, 2.45) is 0 Å². The van der Waals surface area contributed by atoms with Gasteiger partial charge >= 0.3 is 17.8 Å². The number of nitrogens with one attached hydrogen (secondary N) is 1. The maximum Gasteiger partial charge on any atom is 0.339 e. The molecule has 0 aliphatic carbocycles. The molecule has 0 bridgehead atoms. The molecule has 0 saturated carbocycles. The largest absolute Gasteiger partial charge is 0.497 e. The van der Waals surface area contributed by atoms with Crippen LogP contribution in [-0.4, -0.2) is 42.3 Å². The number of halogens is 1. The summed E-state index contributed by atoms with van der Waals surface area (Å²) in [5.74, 6) is -2.11. The van der Waals surface area contributed by atoms with Gasteiger partial charge in [-0.25, -0.2) is 14.6 Å². The molecule has 9 heteroatoms. The molecule has 2 aromatic carbocycles. The lowest BCUT2D eigenvalue weighted by Crippen LogP contribution is -2.42. The number of ether oxygens (including phenoxy) is 1. The molecule has 1 heterocycles. The van der Waals surface area contributed by atoms with E-state index in [1.54, 1.807) is 43.3 Å². The summed E-state index contributed by atoms with van der Waals surface area (Å²) in [6.07, 6.45) is 0. The van der Waals surface area contributed by atoms with Crippen LogP contribution >= 0.6 is 11.6 Å². The summed E-state index contributed by atoms with van der Waals surface area (Å²) in [5.41, 5.74) is 1.02. The minimum Gasteiger partial charge on any atom is -0.497 e. The molecular formula is C20H18ClN3O5. The number of hydrogen-bond acceptors (Lipinski definition) is 5. The Balaban J connectivity index is 1.69. The molecule has 150 valence electrons. The molecule has 1 aliphatic heterocycles. The number of nitrogens with zero attached hydrogens (tertiary/aromatic N) is 2. The second-order valence-corrected chi connectivity index (χ2v) is 6.79. The van der Waals surface area contributed by atoms with E-state index in [0.717, 1.165) is 10.5 Å². The predicted molar refractivity (Wildman–Crippen MR) is 106 cm³/mol. The van der Waals surface area contributed by atoms with Crippen molar-refractivity contribution in [2.75, 3.05) is 18.6 Å². The van der Waals surface area contributed by atoms with E-state index in [9.17, 15) is 19.2 Å². The van der Waals surface area contributed by atoms with Crippen LogP contribution in [0.3, 0.4) is 0 Å². The van der Waals surface area contributed by atoms with Crippen molar-refractivity contribution in [1.82, 2.24) is 10.2 Å². The summed E-state index contributed by atoms with van der Waals surface area (Å²) in [4.78, 5) is 50.8. The number of carbonyl (C=O) groups excluding carboxylic acids is 4. The Hall–Kier alpha value is -3.39. The standard InChI is InChI=1S/C20H18ClN3O5/c1-12(13-3-5-14(21)6-4-13)22-17(25)11-23-18(26)19(27)24(20(23)28)15-7-9-16(29-2)10-8-15/h3-10,12H,11H2,1-2H3,(H,22,25)/t12-/m0/s1. The molecule has 0 spiro atoms. The summed E-state index contributed by atoms with van der Waals surface area (Å²) in [6, 6.07) is 11.7. The van der Waals surface area contributed by atoms with Gasteiger partial charge in [-0.15, -0.1) is 0 Å². The van der Waals surface area contributed by atoms with Crippen LogP contribution in [0.15, 0.2) is 48.5 Å². The normalized spacial score (nSPS) is 14.9. The molecule has 1 saturated heterocycles. The van der Waals surface area contributed by atoms with Crippen molar-refractivity contribution in [3.8, 4) is 5.75 Å². The Morgan fingerprint density at radius 2 is 1.66 bits per heavy atom. The number of urea groups is 1. The van der Waals surface area contributed by atoms with Gasteiger partial charge in [0.15, 0.2) is 0 Å². The molecule has 1 fully saturated rings. The second-order valence-electron chi connectivity index (χ2n) is 6.35. The third-order valence-electron chi connectivity index (χ3n) is 4.43. The first-order valence-electron chi connectivity index (χ1n) is 8.70. The number of hydrogen-bond donors (Lipinski definition) is 1. The van der Waals surface area contributed by atoms with Gasteiger partial charge in [-0.1, -0.05) is 23.7 Å². The molecule has 2 aromatic rings. The number of methoxy groups -OCH3 is 1. The van der Waals surface area contributed by atoms with Crippen LogP contribution in [0.1, 0.15) is 18.5 Å². The summed E-state index contributed by atoms with van der Waals surface area (Å²) in [7, 11) is 1.48. The fourth-order valence-electron chi connectivity index (χ4n) is 2.87. The number of benzene rings is 2. The highest BCUT2D eigenvalue weighted by Gasteiger charge is 2.46. The van der Waals surface area contributed by atoms with Crippen LogP contribution in [0.4, 0.5) is 10.5 Å². The molecule has 1 aliphatic rings. The van der Waals surface area contributed by atoms with E-state index in [-0.39, 0.29) is 11.7 Å². The minimum atomic E-state index is -1.06. The number of anilines is 1. The Morgan fingerprint density at radius 1 is 1.03 bits per heavy atom. The number of rotatable bonds is 6. The van der Waals surface area contributed by atoms with Crippen LogP contribution < -0.4 is 15.0 Å². The van der Waals surface area contributed by atoms with E-state index in [2.05, 4.69) is 5.32 Å². The zero-order chi connectivity index (χ0) is 21.1. The van der Waals surface area contributed by atoms with E-state index < -0.39 is 30.3 Å². The third kappa shape index (κ3) is 4.22. The monoisotopic (exact) mass is 415 g/mol. The van der Waals surface area contributed by atoms with Crippen LogP contribution in [-0.2, 0) is 14.4 Å². The average Bonchev–Trinajstić information content (AvgIpc) is 2.92. The van der Waals surface area contributed by atoms with E-state index in [0.29, 0.717) is 15.7 Å². The number of imide groups is 2. The Kier molecular flexibility index (Phi) is 5.84. The van der Waals surface area contributed by atoms with Gasteiger partial charge < -0.3 is 10.1 Å². The third-order valence-corrected chi connectivity index (χ3v) is 4.69. The van der Waals surface area contributed by atoms with Gasteiger partial charge in [-0.05, 0) is 48.9 Å². The maximum absolute atomic E-state index is 12.6. The second kappa shape index (κ2) is 8.32. The molecule has 0 aromatic heterocycles. The van der Waals surface area contributed by atoms with Crippen molar-refractivity contribution >= 4 is 41.0 Å². The van der Waals surface area contributed by atoms with Gasteiger partial charge in [0.05, 0.1) is 18.8 Å². The summed E-state index contributed by atoms with van der Waals surface area (Å²) >= 11 is 5.85. The molecule has 1 atom stereocenters.